The Balaban J connectivity index is 1.94. The van der Waals surface area contributed by atoms with E-state index in [9.17, 15) is 0 Å². The first-order valence-corrected chi connectivity index (χ1v) is 6.54. The molecule has 0 amide bonds. The number of nitrogens with two attached hydrogens (primary N) is 1. The standard InChI is InChI=1S/C12H17N3OS/c1-15(6-3-5-13)8-10-9-16-12(14-10)11-4-2-7-17-11/h2,4,7,9H,3,5-6,8,13H2,1H3. The Kier molecular flexibility index (Phi) is 4.30. The van der Waals surface area contributed by atoms with E-state index in [0.717, 1.165) is 36.6 Å². The summed E-state index contributed by atoms with van der Waals surface area (Å²) >= 11 is 1.64. The van der Waals surface area contributed by atoms with E-state index < -0.39 is 0 Å². The van der Waals surface area contributed by atoms with Crippen LogP contribution in [0.1, 0.15) is 12.1 Å². The number of hydrogen-bond acceptors (Lipinski definition) is 5. The van der Waals surface area contributed by atoms with E-state index in [-0.39, 0.29) is 0 Å². The van der Waals surface area contributed by atoms with Gasteiger partial charge in [-0.15, -0.1) is 11.3 Å². The van der Waals surface area contributed by atoms with Crippen molar-refractivity contribution in [1.82, 2.24) is 9.88 Å². The maximum atomic E-state index is 5.48. The van der Waals surface area contributed by atoms with Crippen molar-refractivity contribution in [3.63, 3.8) is 0 Å². The Labute approximate surface area is 105 Å². The van der Waals surface area contributed by atoms with Crippen molar-refractivity contribution in [3.05, 3.63) is 29.5 Å². The lowest BCUT2D eigenvalue weighted by atomic mass is 10.3. The molecule has 0 saturated carbocycles. The Morgan fingerprint density at radius 3 is 3.12 bits per heavy atom. The molecule has 0 unspecified atom stereocenters. The summed E-state index contributed by atoms with van der Waals surface area (Å²) in [5.41, 5.74) is 6.44. The van der Waals surface area contributed by atoms with Gasteiger partial charge >= 0.3 is 0 Å². The molecule has 92 valence electrons. The minimum Gasteiger partial charge on any atom is -0.444 e. The van der Waals surface area contributed by atoms with Gasteiger partial charge in [-0.1, -0.05) is 6.07 Å². The normalized spacial score (nSPS) is 11.2. The van der Waals surface area contributed by atoms with Gasteiger partial charge in [-0.2, -0.15) is 0 Å². The van der Waals surface area contributed by atoms with Gasteiger partial charge in [-0.05, 0) is 38.0 Å². The molecule has 0 radical (unpaired) electrons. The number of hydrogen-bond donors (Lipinski definition) is 1. The fraction of sp³-hybridized carbons (Fsp3) is 0.417. The first-order valence-electron chi connectivity index (χ1n) is 5.66. The van der Waals surface area contributed by atoms with Crippen LogP contribution in [0.25, 0.3) is 10.8 Å². The van der Waals surface area contributed by atoms with Crippen LogP contribution in [0.3, 0.4) is 0 Å². The van der Waals surface area contributed by atoms with Gasteiger partial charge < -0.3 is 15.1 Å². The molecule has 0 saturated heterocycles. The van der Waals surface area contributed by atoms with Crippen molar-refractivity contribution in [3.8, 4) is 10.8 Å². The monoisotopic (exact) mass is 251 g/mol. The Bertz CT molecular complexity index is 438. The zero-order valence-corrected chi connectivity index (χ0v) is 10.7. The van der Waals surface area contributed by atoms with Gasteiger partial charge in [-0.3, -0.25) is 0 Å². The van der Waals surface area contributed by atoms with Gasteiger partial charge in [0.2, 0.25) is 5.89 Å². The van der Waals surface area contributed by atoms with Gasteiger partial charge in [-0.25, -0.2) is 4.98 Å². The largest absolute Gasteiger partial charge is 0.444 e. The van der Waals surface area contributed by atoms with Crippen molar-refractivity contribution in [2.45, 2.75) is 13.0 Å². The average molecular weight is 251 g/mol. The van der Waals surface area contributed by atoms with Crippen LogP contribution in [0.4, 0.5) is 0 Å². The molecule has 2 N–H and O–H groups in total. The molecule has 0 fully saturated rings. The van der Waals surface area contributed by atoms with Crippen LogP contribution in [0, 0.1) is 0 Å². The predicted octanol–water partition coefficient (Wildman–Crippen LogP) is 2.18. The average Bonchev–Trinajstić information content (AvgIpc) is 2.95. The molecule has 0 atom stereocenters. The van der Waals surface area contributed by atoms with Gasteiger partial charge in [0.15, 0.2) is 0 Å². The van der Waals surface area contributed by atoms with E-state index in [1.807, 2.05) is 17.5 Å². The van der Waals surface area contributed by atoms with Crippen molar-refractivity contribution in [2.24, 2.45) is 5.73 Å². The van der Waals surface area contributed by atoms with Gasteiger partial charge in [0, 0.05) is 6.54 Å². The van der Waals surface area contributed by atoms with Crippen LogP contribution in [-0.4, -0.2) is 30.0 Å². The third-order valence-electron chi connectivity index (χ3n) is 2.46. The minimum atomic E-state index is 0.710. The highest BCUT2D eigenvalue weighted by atomic mass is 32.1. The lowest BCUT2D eigenvalue weighted by Crippen LogP contribution is -2.21. The van der Waals surface area contributed by atoms with Crippen LogP contribution in [0.5, 0.6) is 0 Å². The van der Waals surface area contributed by atoms with E-state index in [0.29, 0.717) is 5.89 Å². The highest BCUT2D eigenvalue weighted by Crippen LogP contribution is 2.23. The topological polar surface area (TPSA) is 55.3 Å². The van der Waals surface area contributed by atoms with Crippen molar-refractivity contribution >= 4 is 11.3 Å². The summed E-state index contributed by atoms with van der Waals surface area (Å²) < 4.78 is 5.46. The SMILES string of the molecule is CN(CCCN)Cc1coc(-c2cccs2)n1. The second kappa shape index (κ2) is 5.95. The minimum absolute atomic E-state index is 0.710. The first kappa shape index (κ1) is 12.3. The van der Waals surface area contributed by atoms with Crippen LogP contribution in [-0.2, 0) is 6.54 Å². The van der Waals surface area contributed by atoms with Crippen LogP contribution in [0.2, 0.25) is 0 Å². The molecule has 5 heteroatoms. The highest BCUT2D eigenvalue weighted by Gasteiger charge is 2.08. The molecule has 2 aromatic rings. The summed E-state index contributed by atoms with van der Waals surface area (Å²) in [6.45, 7) is 2.51. The Morgan fingerprint density at radius 2 is 2.41 bits per heavy atom. The van der Waals surface area contributed by atoms with E-state index >= 15 is 0 Å². The molecule has 0 bridgehead atoms. The fourth-order valence-electron chi connectivity index (χ4n) is 1.61. The van der Waals surface area contributed by atoms with E-state index in [2.05, 4.69) is 16.9 Å². The Hall–Kier alpha value is -1.17. The molecular formula is C12H17N3OS. The van der Waals surface area contributed by atoms with E-state index in [1.54, 1.807) is 17.6 Å². The molecule has 2 rings (SSSR count). The molecular weight excluding hydrogens is 234 g/mol. The summed E-state index contributed by atoms with van der Waals surface area (Å²) in [7, 11) is 2.06. The fourth-order valence-corrected chi connectivity index (χ4v) is 2.27. The maximum absolute atomic E-state index is 5.48. The summed E-state index contributed by atoms with van der Waals surface area (Å²) in [4.78, 5) is 7.74. The smallest absolute Gasteiger partial charge is 0.236 e. The quantitative estimate of drug-likeness (QED) is 0.855. The number of nitrogens with zero attached hydrogens (tertiary/aromatic N) is 2. The van der Waals surface area contributed by atoms with Gasteiger partial charge in [0.1, 0.15) is 6.26 Å². The van der Waals surface area contributed by atoms with Crippen LogP contribution < -0.4 is 5.73 Å². The third kappa shape index (κ3) is 3.39. The lowest BCUT2D eigenvalue weighted by molar-refractivity contribution is 0.320. The lowest BCUT2D eigenvalue weighted by Gasteiger charge is -2.13. The van der Waals surface area contributed by atoms with E-state index in [4.69, 9.17) is 10.2 Å². The number of thiophene rings is 1. The van der Waals surface area contributed by atoms with Crippen LogP contribution in [0.15, 0.2) is 28.2 Å². The van der Waals surface area contributed by atoms with Crippen molar-refractivity contribution in [1.29, 1.82) is 0 Å². The summed E-state index contributed by atoms with van der Waals surface area (Å²) in [6, 6.07) is 4.01. The Morgan fingerprint density at radius 1 is 1.53 bits per heavy atom. The second-order valence-corrected chi connectivity index (χ2v) is 4.95. The number of oxazole rings is 1. The molecule has 2 heterocycles. The molecule has 2 aromatic heterocycles. The zero-order chi connectivity index (χ0) is 12.1. The molecule has 0 aliphatic carbocycles. The van der Waals surface area contributed by atoms with Gasteiger partial charge in [0.25, 0.3) is 0 Å². The first-order chi connectivity index (χ1) is 8.29. The number of aromatic nitrogens is 1. The second-order valence-electron chi connectivity index (χ2n) is 4.00. The number of rotatable bonds is 6. The predicted molar refractivity (Wildman–Crippen MR) is 69.8 cm³/mol. The van der Waals surface area contributed by atoms with Crippen LogP contribution >= 0.6 is 11.3 Å². The highest BCUT2D eigenvalue weighted by molar-refractivity contribution is 7.13. The van der Waals surface area contributed by atoms with Gasteiger partial charge in [0.05, 0.1) is 10.6 Å². The summed E-state index contributed by atoms with van der Waals surface area (Å²) in [5, 5.41) is 2.02. The van der Waals surface area contributed by atoms with E-state index in [1.165, 1.54) is 0 Å². The zero-order valence-electron chi connectivity index (χ0n) is 9.93. The molecule has 17 heavy (non-hydrogen) atoms. The molecule has 0 aromatic carbocycles. The molecule has 0 spiro atoms. The maximum Gasteiger partial charge on any atom is 0.236 e. The van der Waals surface area contributed by atoms with Crippen molar-refractivity contribution < 1.29 is 4.42 Å². The summed E-state index contributed by atoms with van der Waals surface area (Å²) in [6.07, 6.45) is 2.74. The summed E-state index contributed by atoms with van der Waals surface area (Å²) in [5.74, 6) is 0.710. The van der Waals surface area contributed by atoms with Crippen molar-refractivity contribution in [2.75, 3.05) is 20.1 Å². The molecule has 4 nitrogen and oxygen atoms in total. The molecule has 0 aliphatic rings. The third-order valence-corrected chi connectivity index (χ3v) is 3.32. The molecule has 0 aliphatic heterocycles.